The number of furan rings is 1. The SMILES string of the molecule is CC(C)(C)c1cc2ccc3c(-c4cccc(-c5cccc6c5oc5ccccc56)c4)cc(-c4ccccn4)c4ccc(c1)c2c34. The minimum absolute atomic E-state index is 0.0673. The molecule has 2 aromatic heterocycles. The minimum Gasteiger partial charge on any atom is -0.455 e. The van der Waals surface area contributed by atoms with E-state index in [1.807, 2.05) is 24.4 Å². The smallest absolute Gasteiger partial charge is 0.143 e. The lowest BCUT2D eigenvalue weighted by molar-refractivity contribution is 0.591. The Kier molecular flexibility index (Phi) is 5.49. The molecule has 9 aromatic rings. The third-order valence-electron chi connectivity index (χ3n) is 9.41. The van der Waals surface area contributed by atoms with E-state index < -0.39 is 0 Å². The van der Waals surface area contributed by atoms with Gasteiger partial charge in [-0.2, -0.15) is 0 Å². The molecule has 2 heterocycles. The van der Waals surface area contributed by atoms with E-state index in [9.17, 15) is 0 Å². The summed E-state index contributed by atoms with van der Waals surface area (Å²) >= 11 is 0. The monoisotopic (exact) mass is 577 g/mol. The molecule has 0 saturated carbocycles. The molecule has 0 saturated heterocycles. The fourth-order valence-corrected chi connectivity index (χ4v) is 7.15. The van der Waals surface area contributed by atoms with Crippen LogP contribution in [0.1, 0.15) is 26.3 Å². The van der Waals surface area contributed by atoms with Gasteiger partial charge in [-0.15, -0.1) is 0 Å². The summed E-state index contributed by atoms with van der Waals surface area (Å²) in [5.41, 5.74) is 10.0. The standard InChI is InChI=1S/C43H31NO/c1-43(2,3)30-23-28-17-19-33-36(25-37(38-15-6-7-21-44-38)34-20-18-29(24-30)40(28)41(33)34)27-11-8-10-26(22-27)31-13-9-14-35-32-12-4-5-16-39(32)45-42(31)35/h4-25H,1-3H3. The summed E-state index contributed by atoms with van der Waals surface area (Å²) in [5.74, 6) is 0. The first-order valence-electron chi connectivity index (χ1n) is 15.6. The molecule has 45 heavy (non-hydrogen) atoms. The summed E-state index contributed by atoms with van der Waals surface area (Å²) in [7, 11) is 0. The van der Waals surface area contributed by atoms with Crippen LogP contribution in [0.15, 0.2) is 138 Å². The van der Waals surface area contributed by atoms with Crippen LogP contribution < -0.4 is 0 Å². The first kappa shape index (κ1) is 26.0. The number of fused-ring (bicyclic) bond motifs is 3. The highest BCUT2D eigenvalue weighted by Gasteiger charge is 2.21. The van der Waals surface area contributed by atoms with Crippen LogP contribution in [-0.2, 0) is 5.41 Å². The normalized spacial score (nSPS) is 12.3. The molecule has 214 valence electrons. The van der Waals surface area contributed by atoms with E-state index in [4.69, 9.17) is 9.40 Å². The Morgan fingerprint density at radius 1 is 0.511 bits per heavy atom. The molecule has 0 bridgehead atoms. The van der Waals surface area contributed by atoms with Crippen molar-refractivity contribution in [3.8, 4) is 33.5 Å². The molecule has 0 radical (unpaired) electrons. The van der Waals surface area contributed by atoms with E-state index >= 15 is 0 Å². The number of benzene rings is 7. The van der Waals surface area contributed by atoms with Gasteiger partial charge in [-0.3, -0.25) is 4.98 Å². The molecular weight excluding hydrogens is 546 g/mol. The zero-order chi connectivity index (χ0) is 30.3. The minimum atomic E-state index is 0.0673. The van der Waals surface area contributed by atoms with Crippen LogP contribution in [0.4, 0.5) is 0 Å². The van der Waals surface area contributed by atoms with E-state index in [0.717, 1.165) is 44.3 Å². The molecule has 7 aromatic carbocycles. The molecular formula is C43H31NO. The second-order valence-corrected chi connectivity index (χ2v) is 13.2. The zero-order valence-corrected chi connectivity index (χ0v) is 25.6. The van der Waals surface area contributed by atoms with Gasteiger partial charge < -0.3 is 4.42 Å². The molecule has 0 aliphatic carbocycles. The molecule has 0 spiro atoms. The number of hydrogen-bond acceptors (Lipinski definition) is 2. The number of hydrogen-bond donors (Lipinski definition) is 0. The topological polar surface area (TPSA) is 26.0 Å². The third-order valence-corrected chi connectivity index (χ3v) is 9.41. The number of pyridine rings is 1. The highest BCUT2D eigenvalue weighted by molar-refractivity contribution is 6.28. The molecule has 0 unspecified atom stereocenters. The largest absolute Gasteiger partial charge is 0.455 e. The van der Waals surface area contributed by atoms with E-state index in [1.54, 1.807) is 0 Å². The van der Waals surface area contributed by atoms with Gasteiger partial charge in [0.1, 0.15) is 11.2 Å². The van der Waals surface area contributed by atoms with Crippen LogP contribution in [0.25, 0.3) is 87.8 Å². The summed E-state index contributed by atoms with van der Waals surface area (Å²) in [6.07, 6.45) is 1.89. The molecule has 0 fully saturated rings. The highest BCUT2D eigenvalue weighted by Crippen LogP contribution is 2.45. The maximum Gasteiger partial charge on any atom is 0.143 e. The Morgan fingerprint density at radius 3 is 1.96 bits per heavy atom. The van der Waals surface area contributed by atoms with Crippen LogP contribution in [0.2, 0.25) is 0 Å². The van der Waals surface area contributed by atoms with Crippen molar-refractivity contribution in [2.75, 3.05) is 0 Å². The molecule has 9 rings (SSSR count). The lowest BCUT2D eigenvalue weighted by Crippen LogP contribution is -2.10. The van der Waals surface area contributed by atoms with Gasteiger partial charge in [0, 0.05) is 28.1 Å². The van der Waals surface area contributed by atoms with E-state index in [-0.39, 0.29) is 5.41 Å². The van der Waals surface area contributed by atoms with Crippen LogP contribution in [-0.4, -0.2) is 4.98 Å². The predicted octanol–water partition coefficient (Wildman–Crippen LogP) is 12.2. The van der Waals surface area contributed by atoms with Crippen molar-refractivity contribution in [3.05, 3.63) is 139 Å². The second-order valence-electron chi connectivity index (χ2n) is 13.2. The molecule has 0 aliphatic rings. The van der Waals surface area contributed by atoms with Crippen LogP contribution in [0.3, 0.4) is 0 Å². The number of aromatic nitrogens is 1. The Labute approximate surface area is 261 Å². The van der Waals surface area contributed by atoms with Crippen LogP contribution in [0, 0.1) is 0 Å². The molecule has 2 nitrogen and oxygen atoms in total. The average Bonchev–Trinajstić information content (AvgIpc) is 3.46. The molecule has 0 atom stereocenters. The lowest BCUT2D eigenvalue weighted by Gasteiger charge is -2.22. The Bertz CT molecular complexity index is 2550. The summed E-state index contributed by atoms with van der Waals surface area (Å²) in [4.78, 5) is 4.82. The number of para-hydroxylation sites is 2. The fourth-order valence-electron chi connectivity index (χ4n) is 7.15. The lowest BCUT2D eigenvalue weighted by atomic mass is 9.81. The van der Waals surface area contributed by atoms with Crippen molar-refractivity contribution in [1.29, 1.82) is 0 Å². The molecule has 2 heteroatoms. The van der Waals surface area contributed by atoms with E-state index in [2.05, 4.69) is 130 Å². The van der Waals surface area contributed by atoms with E-state index in [0.29, 0.717) is 0 Å². The van der Waals surface area contributed by atoms with Gasteiger partial charge in [-0.1, -0.05) is 118 Å². The van der Waals surface area contributed by atoms with E-state index in [1.165, 1.54) is 49.0 Å². The van der Waals surface area contributed by atoms with Crippen molar-refractivity contribution >= 4 is 54.3 Å². The molecule has 0 N–H and O–H groups in total. The number of rotatable bonds is 3. The number of nitrogens with zero attached hydrogens (tertiary/aromatic N) is 1. The van der Waals surface area contributed by atoms with Gasteiger partial charge in [0.25, 0.3) is 0 Å². The molecule has 0 aliphatic heterocycles. The van der Waals surface area contributed by atoms with Gasteiger partial charge in [0.05, 0.1) is 5.69 Å². The maximum atomic E-state index is 6.43. The van der Waals surface area contributed by atoms with Crippen LogP contribution in [0.5, 0.6) is 0 Å². The first-order chi connectivity index (χ1) is 21.9. The van der Waals surface area contributed by atoms with Crippen molar-refractivity contribution < 1.29 is 4.42 Å². The second kappa shape index (κ2) is 9.51. The summed E-state index contributed by atoms with van der Waals surface area (Å²) in [5, 5.41) is 9.96. The fraction of sp³-hybridized carbons (Fsp3) is 0.0930. The Morgan fingerprint density at radius 2 is 1.20 bits per heavy atom. The average molecular weight is 578 g/mol. The Hall–Kier alpha value is -5.47. The zero-order valence-electron chi connectivity index (χ0n) is 25.6. The Balaban J connectivity index is 1.33. The van der Waals surface area contributed by atoms with Gasteiger partial charge in [-0.25, -0.2) is 0 Å². The highest BCUT2D eigenvalue weighted by atomic mass is 16.3. The summed E-state index contributed by atoms with van der Waals surface area (Å²) < 4.78 is 6.43. The van der Waals surface area contributed by atoms with Crippen molar-refractivity contribution in [2.45, 2.75) is 26.2 Å². The first-order valence-corrected chi connectivity index (χ1v) is 15.6. The van der Waals surface area contributed by atoms with Crippen molar-refractivity contribution in [2.24, 2.45) is 0 Å². The maximum absolute atomic E-state index is 6.43. The van der Waals surface area contributed by atoms with Gasteiger partial charge in [-0.05, 0) is 90.3 Å². The van der Waals surface area contributed by atoms with Gasteiger partial charge in [0.2, 0.25) is 0 Å². The van der Waals surface area contributed by atoms with Crippen molar-refractivity contribution in [3.63, 3.8) is 0 Å². The summed E-state index contributed by atoms with van der Waals surface area (Å²) in [6.45, 7) is 6.86. The van der Waals surface area contributed by atoms with Crippen LogP contribution >= 0.6 is 0 Å². The predicted molar refractivity (Wildman–Crippen MR) is 190 cm³/mol. The van der Waals surface area contributed by atoms with Gasteiger partial charge >= 0.3 is 0 Å². The third kappa shape index (κ3) is 3.99. The summed E-state index contributed by atoms with van der Waals surface area (Å²) in [6, 6.07) is 46.1. The quantitative estimate of drug-likeness (QED) is 0.195. The molecule has 0 amide bonds. The van der Waals surface area contributed by atoms with Crippen molar-refractivity contribution in [1.82, 2.24) is 4.98 Å². The van der Waals surface area contributed by atoms with Gasteiger partial charge in [0.15, 0.2) is 0 Å².